The van der Waals surface area contributed by atoms with Crippen molar-refractivity contribution in [2.75, 3.05) is 19.6 Å². The summed E-state index contributed by atoms with van der Waals surface area (Å²) in [6.45, 7) is 3.80. The number of amides is 2. The zero-order valence-electron chi connectivity index (χ0n) is 21.5. The first kappa shape index (κ1) is 26.0. The summed E-state index contributed by atoms with van der Waals surface area (Å²) < 4.78 is 0. The second kappa shape index (κ2) is 11.8. The summed E-state index contributed by atoms with van der Waals surface area (Å²) in [5.74, 6) is -0.301. The van der Waals surface area contributed by atoms with E-state index in [0.29, 0.717) is 36.6 Å². The smallest absolute Gasteiger partial charge is 0.252 e. The van der Waals surface area contributed by atoms with Crippen LogP contribution in [0.4, 0.5) is 0 Å². The van der Waals surface area contributed by atoms with Gasteiger partial charge in [0.05, 0.1) is 0 Å². The Hall–Kier alpha value is -3.67. The van der Waals surface area contributed by atoms with Gasteiger partial charge in [0.25, 0.3) is 5.91 Å². The van der Waals surface area contributed by atoms with Gasteiger partial charge in [0.2, 0.25) is 5.91 Å². The van der Waals surface area contributed by atoms with Gasteiger partial charge < -0.3 is 15.5 Å². The van der Waals surface area contributed by atoms with Crippen LogP contribution in [0.5, 0.6) is 0 Å². The number of carbonyl (C=O) groups excluding carboxylic acids is 2. The molecule has 2 N–H and O–H groups in total. The molecule has 0 aliphatic carbocycles. The van der Waals surface area contributed by atoms with E-state index in [9.17, 15) is 9.59 Å². The van der Waals surface area contributed by atoms with E-state index in [0.717, 1.165) is 17.5 Å². The lowest BCUT2D eigenvalue weighted by Gasteiger charge is -2.36. The summed E-state index contributed by atoms with van der Waals surface area (Å²) in [6, 6.07) is 29.2. The first-order valence-corrected chi connectivity index (χ1v) is 13.4. The summed E-state index contributed by atoms with van der Waals surface area (Å²) in [4.78, 5) is 28.9. The summed E-state index contributed by atoms with van der Waals surface area (Å²) in [5.41, 5.74) is 3.64. The highest BCUT2D eigenvalue weighted by Gasteiger charge is 2.30. The molecule has 1 unspecified atom stereocenters. The molecule has 0 aromatic heterocycles. The molecule has 2 atom stereocenters. The number of nitrogens with zero attached hydrogens (tertiary/aromatic N) is 1. The Labute approximate surface area is 228 Å². The molecule has 2 amide bonds. The third-order valence-electron chi connectivity index (χ3n) is 7.21. The molecule has 0 saturated carbocycles. The molecule has 0 radical (unpaired) electrons. The van der Waals surface area contributed by atoms with Crippen LogP contribution in [0.15, 0.2) is 91.0 Å². The monoisotopic (exact) mass is 525 g/mol. The summed E-state index contributed by atoms with van der Waals surface area (Å²) in [5, 5.41) is 9.69. The summed E-state index contributed by atoms with van der Waals surface area (Å²) in [6.07, 6.45) is 1.22. The Morgan fingerprint density at radius 3 is 2.45 bits per heavy atom. The number of carbonyl (C=O) groups is 2. The summed E-state index contributed by atoms with van der Waals surface area (Å²) in [7, 11) is 0. The highest BCUT2D eigenvalue weighted by Crippen LogP contribution is 2.19. The van der Waals surface area contributed by atoms with E-state index in [1.807, 2.05) is 60.4 Å². The number of piperazine rings is 1. The molecule has 1 fully saturated rings. The van der Waals surface area contributed by atoms with Gasteiger partial charge in [0, 0.05) is 42.7 Å². The predicted molar refractivity (Wildman–Crippen MR) is 154 cm³/mol. The van der Waals surface area contributed by atoms with E-state index in [1.54, 1.807) is 6.07 Å². The lowest BCUT2D eigenvalue weighted by atomic mass is 9.99. The first-order valence-electron chi connectivity index (χ1n) is 13.1. The lowest BCUT2D eigenvalue weighted by Crippen LogP contribution is -2.58. The maximum atomic E-state index is 13.9. The third-order valence-corrected chi connectivity index (χ3v) is 7.46. The van der Waals surface area contributed by atoms with Gasteiger partial charge in [-0.15, -0.1) is 0 Å². The van der Waals surface area contributed by atoms with E-state index in [4.69, 9.17) is 11.6 Å². The zero-order chi connectivity index (χ0) is 26.5. The minimum Gasteiger partial charge on any atom is -0.340 e. The van der Waals surface area contributed by atoms with E-state index >= 15 is 0 Å². The second-order valence-electron chi connectivity index (χ2n) is 9.99. The molecule has 1 aliphatic rings. The fourth-order valence-electron chi connectivity index (χ4n) is 5.15. The zero-order valence-corrected chi connectivity index (χ0v) is 22.2. The number of nitrogens with one attached hydrogen (secondary N) is 2. The van der Waals surface area contributed by atoms with Crippen LogP contribution in [0.2, 0.25) is 5.02 Å². The van der Waals surface area contributed by atoms with Crippen LogP contribution in [-0.4, -0.2) is 48.4 Å². The molecule has 4 aromatic carbocycles. The molecule has 4 aromatic rings. The van der Waals surface area contributed by atoms with Gasteiger partial charge in [-0.05, 0) is 59.0 Å². The molecule has 0 spiro atoms. The number of rotatable bonds is 7. The normalized spacial score (nSPS) is 16.3. The maximum absolute atomic E-state index is 13.9. The van der Waals surface area contributed by atoms with Crippen LogP contribution >= 0.6 is 11.6 Å². The molecular weight excluding hydrogens is 494 g/mol. The quantitative estimate of drug-likeness (QED) is 0.349. The van der Waals surface area contributed by atoms with Crippen molar-refractivity contribution >= 4 is 34.2 Å². The largest absolute Gasteiger partial charge is 0.340 e. The first-order chi connectivity index (χ1) is 18.5. The van der Waals surface area contributed by atoms with Crippen molar-refractivity contribution in [2.45, 2.75) is 31.8 Å². The van der Waals surface area contributed by atoms with Crippen LogP contribution in [0.1, 0.15) is 27.0 Å². The Bertz CT molecular complexity index is 1440. The summed E-state index contributed by atoms with van der Waals surface area (Å²) >= 11 is 6.08. The fourth-order valence-corrected chi connectivity index (χ4v) is 5.28. The van der Waals surface area contributed by atoms with Crippen LogP contribution in [-0.2, 0) is 17.6 Å². The van der Waals surface area contributed by atoms with Crippen molar-refractivity contribution in [1.29, 1.82) is 0 Å². The van der Waals surface area contributed by atoms with Gasteiger partial charge >= 0.3 is 0 Å². The molecule has 1 aliphatic heterocycles. The Balaban J connectivity index is 1.32. The van der Waals surface area contributed by atoms with Crippen molar-refractivity contribution in [3.8, 4) is 0 Å². The number of hydrogen-bond donors (Lipinski definition) is 2. The highest BCUT2D eigenvalue weighted by molar-refractivity contribution is 6.30. The average Bonchev–Trinajstić information content (AvgIpc) is 2.94. The average molecular weight is 526 g/mol. The molecule has 38 heavy (non-hydrogen) atoms. The van der Waals surface area contributed by atoms with Gasteiger partial charge in [-0.3, -0.25) is 9.59 Å². The van der Waals surface area contributed by atoms with Gasteiger partial charge in [0.15, 0.2) is 0 Å². The van der Waals surface area contributed by atoms with Crippen LogP contribution in [0, 0.1) is 6.92 Å². The van der Waals surface area contributed by atoms with Gasteiger partial charge in [-0.2, -0.15) is 0 Å². The predicted octanol–water partition coefficient (Wildman–Crippen LogP) is 5.19. The van der Waals surface area contributed by atoms with Crippen molar-refractivity contribution in [3.05, 3.63) is 118 Å². The van der Waals surface area contributed by atoms with Gasteiger partial charge in [-0.25, -0.2) is 0 Å². The molecular formula is C32H32ClN3O2. The van der Waals surface area contributed by atoms with E-state index in [-0.39, 0.29) is 17.9 Å². The SMILES string of the molecule is Cc1ccccc1C(=O)N[C@H](Cc1ccc(Cl)cc1)C(=O)N1CCNC(Cc2ccc3ccccc3c2)C1. The highest BCUT2D eigenvalue weighted by atomic mass is 35.5. The topological polar surface area (TPSA) is 61.4 Å². The number of halogens is 1. The second-order valence-corrected chi connectivity index (χ2v) is 10.4. The van der Waals surface area contributed by atoms with Crippen LogP contribution < -0.4 is 10.6 Å². The van der Waals surface area contributed by atoms with E-state index in [1.165, 1.54) is 16.3 Å². The third kappa shape index (κ3) is 6.24. The van der Waals surface area contributed by atoms with Gasteiger partial charge in [-0.1, -0.05) is 84.4 Å². The van der Waals surface area contributed by atoms with E-state index in [2.05, 4.69) is 47.0 Å². The molecule has 1 heterocycles. The van der Waals surface area contributed by atoms with Crippen molar-refractivity contribution < 1.29 is 9.59 Å². The molecule has 5 rings (SSSR count). The number of aryl methyl sites for hydroxylation is 1. The van der Waals surface area contributed by atoms with Crippen molar-refractivity contribution in [1.82, 2.24) is 15.5 Å². The van der Waals surface area contributed by atoms with E-state index < -0.39 is 6.04 Å². The van der Waals surface area contributed by atoms with Crippen molar-refractivity contribution in [2.24, 2.45) is 0 Å². The van der Waals surface area contributed by atoms with Gasteiger partial charge in [0.1, 0.15) is 6.04 Å². The van der Waals surface area contributed by atoms with Crippen LogP contribution in [0.3, 0.4) is 0 Å². The molecule has 5 nitrogen and oxygen atoms in total. The maximum Gasteiger partial charge on any atom is 0.252 e. The minimum atomic E-state index is -0.678. The minimum absolute atomic E-state index is 0.0631. The number of benzene rings is 4. The fraction of sp³-hybridized carbons (Fsp3) is 0.250. The standard InChI is InChI=1S/C32H32ClN3O2/c1-22-6-2-5-9-29(22)31(37)35-30(20-23-11-14-27(33)15-12-23)32(38)36-17-16-34-28(21-36)19-24-10-13-25-7-3-4-8-26(25)18-24/h2-15,18,28,30,34H,16-17,19-21H2,1H3,(H,35,37)/t28?,30-/m1/s1. The molecule has 194 valence electrons. The van der Waals surface area contributed by atoms with Crippen LogP contribution in [0.25, 0.3) is 10.8 Å². The number of fused-ring (bicyclic) bond motifs is 1. The lowest BCUT2D eigenvalue weighted by molar-refractivity contribution is -0.134. The Morgan fingerprint density at radius 1 is 0.947 bits per heavy atom. The molecule has 0 bridgehead atoms. The Kier molecular flexibility index (Phi) is 8.06. The van der Waals surface area contributed by atoms with Crippen molar-refractivity contribution in [3.63, 3.8) is 0 Å². The molecule has 1 saturated heterocycles. The number of hydrogen-bond acceptors (Lipinski definition) is 3. The Morgan fingerprint density at radius 2 is 1.66 bits per heavy atom. The molecule has 6 heteroatoms.